The lowest BCUT2D eigenvalue weighted by Crippen LogP contribution is -2.21. The maximum atomic E-state index is 5.57. The summed E-state index contributed by atoms with van der Waals surface area (Å²) < 4.78 is 0. The summed E-state index contributed by atoms with van der Waals surface area (Å²) in [5.41, 5.74) is 16.9. The summed E-state index contributed by atoms with van der Waals surface area (Å²) in [6.45, 7) is 10.0. The molecule has 146 valence electrons. The highest BCUT2D eigenvalue weighted by Gasteiger charge is 2.01. The van der Waals surface area contributed by atoms with Crippen LogP contribution in [0, 0.1) is 0 Å². The SMILES string of the molecule is C=Cc1cc(N)ccc1N.CCN(CC)c1ccc(Nc2ccccc2)cc1. The van der Waals surface area contributed by atoms with Crippen molar-refractivity contribution in [2.24, 2.45) is 0 Å². The number of rotatable bonds is 6. The fourth-order valence-corrected chi connectivity index (χ4v) is 2.80. The molecular weight excluding hydrogens is 344 g/mol. The second kappa shape index (κ2) is 10.7. The topological polar surface area (TPSA) is 67.3 Å². The molecular formula is C24H30N4. The van der Waals surface area contributed by atoms with E-state index in [1.54, 1.807) is 24.3 Å². The van der Waals surface area contributed by atoms with E-state index >= 15 is 0 Å². The van der Waals surface area contributed by atoms with Crippen LogP contribution in [0.25, 0.3) is 6.08 Å². The number of nitrogens with two attached hydrogens (primary N) is 2. The molecule has 0 saturated heterocycles. The molecule has 0 unspecified atom stereocenters. The number of nitrogens with one attached hydrogen (secondary N) is 1. The van der Waals surface area contributed by atoms with Gasteiger partial charge in [0.05, 0.1) is 0 Å². The highest BCUT2D eigenvalue weighted by molar-refractivity contribution is 5.67. The quantitative estimate of drug-likeness (QED) is 0.479. The van der Waals surface area contributed by atoms with Crippen LogP contribution in [0.2, 0.25) is 0 Å². The highest BCUT2D eigenvalue weighted by Crippen LogP contribution is 2.21. The van der Waals surface area contributed by atoms with Gasteiger partial charge >= 0.3 is 0 Å². The van der Waals surface area contributed by atoms with Crippen LogP contribution in [0.3, 0.4) is 0 Å². The van der Waals surface area contributed by atoms with Crippen molar-refractivity contribution < 1.29 is 0 Å². The Morgan fingerprint density at radius 2 is 1.46 bits per heavy atom. The molecule has 0 radical (unpaired) electrons. The van der Waals surface area contributed by atoms with Gasteiger partial charge in [-0.15, -0.1) is 0 Å². The van der Waals surface area contributed by atoms with Gasteiger partial charge in [-0.25, -0.2) is 0 Å². The minimum atomic E-state index is 0.712. The van der Waals surface area contributed by atoms with Crippen LogP contribution in [0.5, 0.6) is 0 Å². The van der Waals surface area contributed by atoms with Crippen molar-refractivity contribution in [3.63, 3.8) is 0 Å². The summed E-state index contributed by atoms with van der Waals surface area (Å²) in [7, 11) is 0. The molecule has 0 aliphatic heterocycles. The van der Waals surface area contributed by atoms with Crippen LogP contribution in [0.1, 0.15) is 19.4 Å². The molecule has 0 spiro atoms. The first-order valence-corrected chi connectivity index (χ1v) is 9.51. The summed E-state index contributed by atoms with van der Waals surface area (Å²) in [6.07, 6.45) is 1.69. The van der Waals surface area contributed by atoms with Crippen LogP contribution in [0.15, 0.2) is 79.4 Å². The molecule has 0 aromatic heterocycles. The number of nitrogens with zero attached hydrogens (tertiary/aromatic N) is 1. The standard InChI is InChI=1S/C16H20N2.C8H10N2/c1-3-18(4-2)16-12-10-15(11-13-16)17-14-8-6-5-7-9-14;1-2-6-5-7(9)3-4-8(6)10/h5-13,17H,3-4H2,1-2H3;2-5H,1,9-10H2. The molecule has 3 aromatic rings. The minimum Gasteiger partial charge on any atom is -0.399 e. The van der Waals surface area contributed by atoms with Crippen molar-refractivity contribution in [1.82, 2.24) is 0 Å². The number of anilines is 5. The monoisotopic (exact) mass is 374 g/mol. The van der Waals surface area contributed by atoms with Crippen molar-refractivity contribution >= 4 is 34.5 Å². The Bertz CT molecular complexity index is 854. The highest BCUT2D eigenvalue weighted by atomic mass is 15.1. The number of para-hydroxylation sites is 1. The molecule has 0 amide bonds. The van der Waals surface area contributed by atoms with Crippen LogP contribution in [-0.2, 0) is 0 Å². The van der Waals surface area contributed by atoms with Crippen molar-refractivity contribution in [3.8, 4) is 0 Å². The third-order valence-electron chi connectivity index (χ3n) is 4.39. The van der Waals surface area contributed by atoms with E-state index < -0.39 is 0 Å². The van der Waals surface area contributed by atoms with E-state index in [4.69, 9.17) is 11.5 Å². The molecule has 4 nitrogen and oxygen atoms in total. The Morgan fingerprint density at radius 1 is 0.857 bits per heavy atom. The minimum absolute atomic E-state index is 0.712. The summed E-state index contributed by atoms with van der Waals surface area (Å²) in [6, 6.07) is 24.1. The summed E-state index contributed by atoms with van der Waals surface area (Å²) in [4.78, 5) is 2.34. The molecule has 0 aliphatic rings. The predicted molar refractivity (Wildman–Crippen MR) is 125 cm³/mol. The zero-order chi connectivity index (χ0) is 20.4. The lowest BCUT2D eigenvalue weighted by atomic mass is 10.1. The molecule has 4 heteroatoms. The van der Waals surface area contributed by atoms with E-state index in [0.717, 1.165) is 30.0 Å². The first-order valence-electron chi connectivity index (χ1n) is 9.51. The van der Waals surface area contributed by atoms with Gasteiger partial charge in [0.2, 0.25) is 0 Å². The van der Waals surface area contributed by atoms with Gasteiger partial charge < -0.3 is 21.7 Å². The average Bonchev–Trinajstić information content (AvgIpc) is 2.73. The van der Waals surface area contributed by atoms with Crippen LogP contribution < -0.4 is 21.7 Å². The first kappa shape index (κ1) is 20.9. The molecule has 28 heavy (non-hydrogen) atoms. The second-order valence-electron chi connectivity index (χ2n) is 6.30. The molecule has 0 heterocycles. The summed E-state index contributed by atoms with van der Waals surface area (Å²) in [5, 5.41) is 3.39. The van der Waals surface area contributed by atoms with E-state index in [1.807, 2.05) is 18.2 Å². The molecule has 5 N–H and O–H groups in total. The van der Waals surface area contributed by atoms with Gasteiger partial charge in [0, 0.05) is 41.5 Å². The lowest BCUT2D eigenvalue weighted by molar-refractivity contribution is 0.866. The van der Waals surface area contributed by atoms with Gasteiger partial charge in [-0.05, 0) is 74.0 Å². The van der Waals surface area contributed by atoms with Crippen molar-refractivity contribution in [2.45, 2.75) is 13.8 Å². The number of benzene rings is 3. The first-order chi connectivity index (χ1) is 13.6. The van der Waals surface area contributed by atoms with E-state index in [1.165, 1.54) is 5.69 Å². The molecule has 3 aromatic carbocycles. The van der Waals surface area contributed by atoms with Crippen molar-refractivity contribution in [1.29, 1.82) is 0 Å². The summed E-state index contributed by atoms with van der Waals surface area (Å²) >= 11 is 0. The van der Waals surface area contributed by atoms with E-state index in [9.17, 15) is 0 Å². The van der Waals surface area contributed by atoms with Gasteiger partial charge in [0.15, 0.2) is 0 Å². The van der Waals surface area contributed by atoms with Crippen LogP contribution in [0.4, 0.5) is 28.4 Å². The third-order valence-corrected chi connectivity index (χ3v) is 4.39. The number of hydrogen-bond donors (Lipinski definition) is 3. The zero-order valence-corrected chi connectivity index (χ0v) is 16.7. The van der Waals surface area contributed by atoms with Crippen molar-refractivity contribution in [2.75, 3.05) is 34.8 Å². The van der Waals surface area contributed by atoms with E-state index in [0.29, 0.717) is 11.4 Å². The van der Waals surface area contributed by atoms with Gasteiger partial charge in [0.1, 0.15) is 0 Å². The Morgan fingerprint density at radius 3 is 2.00 bits per heavy atom. The second-order valence-corrected chi connectivity index (χ2v) is 6.30. The van der Waals surface area contributed by atoms with E-state index in [-0.39, 0.29) is 0 Å². The van der Waals surface area contributed by atoms with Crippen LogP contribution >= 0.6 is 0 Å². The normalized spacial score (nSPS) is 9.79. The predicted octanol–water partition coefficient (Wildman–Crippen LogP) is 5.77. The zero-order valence-electron chi connectivity index (χ0n) is 16.7. The Balaban J connectivity index is 0.000000237. The Hall–Kier alpha value is -3.40. The molecule has 0 bridgehead atoms. The molecule has 0 saturated carbocycles. The van der Waals surface area contributed by atoms with Crippen molar-refractivity contribution in [3.05, 3.63) is 84.9 Å². The fraction of sp³-hybridized carbons (Fsp3) is 0.167. The molecule has 0 aliphatic carbocycles. The fourth-order valence-electron chi connectivity index (χ4n) is 2.80. The lowest BCUT2D eigenvalue weighted by Gasteiger charge is -2.21. The maximum absolute atomic E-state index is 5.57. The largest absolute Gasteiger partial charge is 0.399 e. The van der Waals surface area contributed by atoms with Crippen LogP contribution in [-0.4, -0.2) is 13.1 Å². The maximum Gasteiger partial charge on any atom is 0.0388 e. The van der Waals surface area contributed by atoms with Gasteiger partial charge in [-0.3, -0.25) is 0 Å². The Kier molecular flexibility index (Phi) is 7.97. The molecule has 0 fully saturated rings. The number of nitrogen functional groups attached to an aromatic ring is 2. The average molecular weight is 375 g/mol. The number of hydrogen-bond acceptors (Lipinski definition) is 4. The molecule has 3 rings (SSSR count). The summed E-state index contributed by atoms with van der Waals surface area (Å²) in [5.74, 6) is 0. The Labute approximate surface area is 168 Å². The van der Waals surface area contributed by atoms with E-state index in [2.05, 4.69) is 67.0 Å². The van der Waals surface area contributed by atoms with Gasteiger partial charge in [0.25, 0.3) is 0 Å². The van der Waals surface area contributed by atoms with Gasteiger partial charge in [-0.1, -0.05) is 30.9 Å². The molecule has 0 atom stereocenters. The third kappa shape index (κ3) is 6.09. The van der Waals surface area contributed by atoms with Gasteiger partial charge in [-0.2, -0.15) is 0 Å². The smallest absolute Gasteiger partial charge is 0.0388 e.